The van der Waals surface area contributed by atoms with Gasteiger partial charge in [-0.05, 0) is 0 Å². The highest BCUT2D eigenvalue weighted by Crippen LogP contribution is 2.23. The molecule has 72 valence electrons. The predicted octanol–water partition coefficient (Wildman–Crippen LogP) is -0.00980. The maximum absolute atomic E-state index is 11.0. The van der Waals surface area contributed by atoms with Crippen molar-refractivity contribution >= 4 is 17.6 Å². The minimum Gasteiger partial charge on any atom is -0.478 e. The van der Waals surface area contributed by atoms with Crippen LogP contribution in [0, 0.1) is 0 Å². The number of nitrogens with zero attached hydrogens (tertiary/aromatic N) is 1. The van der Waals surface area contributed by atoms with Crippen molar-refractivity contribution in [3.05, 3.63) is 23.9 Å². The molecular formula is C8H6N2O4. The van der Waals surface area contributed by atoms with Gasteiger partial charge in [0.15, 0.2) is 12.2 Å². The van der Waals surface area contributed by atoms with Gasteiger partial charge in [0.2, 0.25) is 5.91 Å². The molecule has 2 N–H and O–H groups in total. The minimum absolute atomic E-state index is 0.00625. The summed E-state index contributed by atoms with van der Waals surface area (Å²) in [4.78, 5) is 25.4. The molecule has 6 nitrogen and oxygen atoms in total. The van der Waals surface area contributed by atoms with E-state index in [1.54, 1.807) is 0 Å². The number of rotatable bonds is 2. The summed E-state index contributed by atoms with van der Waals surface area (Å²) in [5.74, 6) is -1.23. The number of aliphatic carboxylic acids is 1. The summed E-state index contributed by atoms with van der Waals surface area (Å²) in [6.07, 6.45) is 2.39. The highest BCUT2D eigenvalue weighted by molar-refractivity contribution is 6.08. The summed E-state index contributed by atoms with van der Waals surface area (Å²) in [6, 6.07) is 0. The second-order valence-corrected chi connectivity index (χ2v) is 2.75. The summed E-state index contributed by atoms with van der Waals surface area (Å²) in [7, 11) is 0. The Morgan fingerprint density at radius 2 is 2.43 bits per heavy atom. The van der Waals surface area contributed by atoms with Gasteiger partial charge in [0, 0.05) is 0 Å². The Labute approximate surface area is 78.2 Å². The second-order valence-electron chi connectivity index (χ2n) is 2.75. The Hall–Kier alpha value is -2.11. The van der Waals surface area contributed by atoms with E-state index in [1.165, 1.54) is 12.6 Å². The topological polar surface area (TPSA) is 92.4 Å². The van der Waals surface area contributed by atoms with Crippen LogP contribution in [0.25, 0.3) is 5.70 Å². The maximum Gasteiger partial charge on any atom is 0.334 e. The molecule has 0 aliphatic carbocycles. The SMILES string of the molecule is O=C1CC(C(=O)O)=C(c2cnco2)N1. The lowest BCUT2D eigenvalue weighted by molar-refractivity contribution is -0.133. The molecule has 1 aliphatic rings. The van der Waals surface area contributed by atoms with Crippen molar-refractivity contribution in [3.8, 4) is 0 Å². The summed E-state index contributed by atoms with van der Waals surface area (Å²) in [5, 5.41) is 11.2. The predicted molar refractivity (Wildman–Crippen MR) is 43.8 cm³/mol. The van der Waals surface area contributed by atoms with Crippen molar-refractivity contribution in [2.24, 2.45) is 0 Å². The summed E-state index contributed by atoms with van der Waals surface area (Å²) >= 11 is 0. The molecule has 0 saturated carbocycles. The first-order valence-corrected chi connectivity index (χ1v) is 3.83. The van der Waals surface area contributed by atoms with Crippen molar-refractivity contribution in [2.75, 3.05) is 0 Å². The van der Waals surface area contributed by atoms with Crippen LogP contribution in [0.15, 0.2) is 22.6 Å². The van der Waals surface area contributed by atoms with E-state index in [9.17, 15) is 9.59 Å². The minimum atomic E-state index is -1.13. The Balaban J connectivity index is 2.45. The van der Waals surface area contributed by atoms with Crippen LogP contribution in [0.5, 0.6) is 0 Å². The number of hydrogen-bond acceptors (Lipinski definition) is 4. The average Bonchev–Trinajstić information content (AvgIpc) is 2.70. The van der Waals surface area contributed by atoms with Crippen LogP contribution in [-0.2, 0) is 9.59 Å². The van der Waals surface area contributed by atoms with Crippen LogP contribution < -0.4 is 5.32 Å². The fourth-order valence-corrected chi connectivity index (χ4v) is 1.24. The molecule has 0 spiro atoms. The first-order valence-electron chi connectivity index (χ1n) is 3.83. The Bertz CT molecular complexity index is 419. The highest BCUT2D eigenvalue weighted by Gasteiger charge is 2.28. The fraction of sp³-hybridized carbons (Fsp3) is 0.125. The first kappa shape index (κ1) is 8.49. The summed E-state index contributed by atoms with van der Waals surface area (Å²) in [6.45, 7) is 0. The molecule has 0 saturated heterocycles. The lowest BCUT2D eigenvalue weighted by atomic mass is 10.2. The van der Waals surface area contributed by atoms with Crippen LogP contribution in [0.3, 0.4) is 0 Å². The number of amides is 1. The highest BCUT2D eigenvalue weighted by atomic mass is 16.4. The Morgan fingerprint density at radius 1 is 1.64 bits per heavy atom. The zero-order valence-electron chi connectivity index (χ0n) is 6.98. The maximum atomic E-state index is 11.0. The molecule has 0 aromatic carbocycles. The lowest BCUT2D eigenvalue weighted by Gasteiger charge is -1.97. The van der Waals surface area contributed by atoms with Crippen LogP contribution in [0.1, 0.15) is 12.2 Å². The summed E-state index contributed by atoms with van der Waals surface area (Å²) in [5.41, 5.74) is 0.201. The van der Waals surface area contributed by atoms with E-state index in [-0.39, 0.29) is 29.4 Å². The molecule has 1 aliphatic heterocycles. The van der Waals surface area contributed by atoms with Crippen molar-refractivity contribution in [1.29, 1.82) is 0 Å². The zero-order chi connectivity index (χ0) is 10.1. The molecule has 1 aromatic heterocycles. The van der Waals surface area contributed by atoms with E-state index in [0.29, 0.717) is 0 Å². The van der Waals surface area contributed by atoms with Crippen LogP contribution >= 0.6 is 0 Å². The number of aromatic nitrogens is 1. The molecule has 2 rings (SSSR count). The number of carboxylic acid groups (broad SMARTS) is 1. The van der Waals surface area contributed by atoms with Crippen molar-refractivity contribution < 1.29 is 19.1 Å². The van der Waals surface area contributed by atoms with Gasteiger partial charge < -0.3 is 14.8 Å². The van der Waals surface area contributed by atoms with Gasteiger partial charge in [-0.2, -0.15) is 0 Å². The van der Waals surface area contributed by atoms with E-state index in [4.69, 9.17) is 9.52 Å². The molecule has 2 heterocycles. The van der Waals surface area contributed by atoms with E-state index in [2.05, 4.69) is 10.3 Å². The molecular weight excluding hydrogens is 188 g/mol. The lowest BCUT2D eigenvalue weighted by Crippen LogP contribution is -2.13. The average molecular weight is 194 g/mol. The van der Waals surface area contributed by atoms with Gasteiger partial charge in [0.05, 0.1) is 23.9 Å². The van der Waals surface area contributed by atoms with Crippen LogP contribution in [-0.4, -0.2) is 22.0 Å². The number of hydrogen-bond donors (Lipinski definition) is 2. The van der Waals surface area contributed by atoms with Gasteiger partial charge >= 0.3 is 5.97 Å². The number of carbonyl (C=O) groups excluding carboxylic acids is 1. The summed E-state index contributed by atoms with van der Waals surface area (Å²) < 4.78 is 4.90. The van der Waals surface area contributed by atoms with E-state index >= 15 is 0 Å². The first-order chi connectivity index (χ1) is 6.68. The van der Waals surface area contributed by atoms with Gasteiger partial charge in [-0.25, -0.2) is 9.78 Å². The van der Waals surface area contributed by atoms with E-state index in [1.807, 2.05) is 0 Å². The second kappa shape index (κ2) is 2.99. The van der Waals surface area contributed by atoms with E-state index < -0.39 is 5.97 Å². The monoisotopic (exact) mass is 194 g/mol. The van der Waals surface area contributed by atoms with Gasteiger partial charge in [0.1, 0.15) is 0 Å². The van der Waals surface area contributed by atoms with Gasteiger partial charge in [-0.1, -0.05) is 0 Å². The number of nitrogens with one attached hydrogen (secondary N) is 1. The van der Waals surface area contributed by atoms with Crippen LogP contribution in [0.2, 0.25) is 0 Å². The molecule has 14 heavy (non-hydrogen) atoms. The van der Waals surface area contributed by atoms with Crippen molar-refractivity contribution in [1.82, 2.24) is 10.3 Å². The number of carbonyl (C=O) groups is 2. The Kier molecular flexibility index (Phi) is 1.81. The molecule has 0 fully saturated rings. The zero-order valence-corrected chi connectivity index (χ0v) is 6.98. The molecule has 0 bridgehead atoms. The molecule has 1 aromatic rings. The standard InChI is InChI=1S/C8H6N2O4/c11-6-1-4(8(12)13)7(10-6)5-2-9-3-14-5/h2-3H,1H2,(H,10,11)(H,12,13). The molecule has 1 amide bonds. The third-order valence-electron chi connectivity index (χ3n) is 1.84. The van der Waals surface area contributed by atoms with Crippen LogP contribution in [0.4, 0.5) is 0 Å². The van der Waals surface area contributed by atoms with Crippen molar-refractivity contribution in [3.63, 3.8) is 0 Å². The largest absolute Gasteiger partial charge is 0.478 e. The van der Waals surface area contributed by atoms with Gasteiger partial charge in [-0.15, -0.1) is 0 Å². The van der Waals surface area contributed by atoms with E-state index in [0.717, 1.165) is 0 Å². The molecule has 6 heteroatoms. The number of oxazole rings is 1. The van der Waals surface area contributed by atoms with Gasteiger partial charge in [-0.3, -0.25) is 4.79 Å². The third kappa shape index (κ3) is 1.26. The smallest absolute Gasteiger partial charge is 0.334 e. The number of carboxylic acids is 1. The third-order valence-corrected chi connectivity index (χ3v) is 1.84. The van der Waals surface area contributed by atoms with Crippen molar-refractivity contribution in [2.45, 2.75) is 6.42 Å². The Morgan fingerprint density at radius 3 is 3.00 bits per heavy atom. The fourth-order valence-electron chi connectivity index (χ4n) is 1.24. The normalized spacial score (nSPS) is 15.9. The molecule has 0 atom stereocenters. The molecule has 0 radical (unpaired) electrons. The van der Waals surface area contributed by atoms with Gasteiger partial charge in [0.25, 0.3) is 0 Å². The quantitative estimate of drug-likeness (QED) is 0.690. The molecule has 0 unspecified atom stereocenters.